The Kier molecular flexibility index (Phi) is 4.24. The number of primary sulfonamides is 1. The third-order valence-corrected chi connectivity index (χ3v) is 3.45. The van der Waals surface area contributed by atoms with E-state index in [0.717, 1.165) is 18.7 Å². The van der Waals surface area contributed by atoms with E-state index in [2.05, 4.69) is 26.1 Å². The number of sulfonamides is 1. The van der Waals surface area contributed by atoms with Gasteiger partial charge in [0.05, 0.1) is 16.3 Å². The molecule has 1 aromatic carbocycles. The standard InChI is InChI=1S/C12H21N3O2S/c1-12(2,3)6-7-15-11-5-4-9(8-10(11)13)18(14,16)17/h4-5,8,15H,6-7,13H2,1-3H3,(H2,14,16,17). The molecule has 5 N–H and O–H groups in total. The zero-order chi connectivity index (χ0) is 14.0. The Balaban J connectivity index is 2.75. The molecule has 5 nitrogen and oxygen atoms in total. The van der Waals surface area contributed by atoms with Crippen LogP contribution in [0, 0.1) is 5.41 Å². The van der Waals surface area contributed by atoms with E-state index in [-0.39, 0.29) is 10.3 Å². The topological polar surface area (TPSA) is 98.2 Å². The van der Waals surface area contributed by atoms with Crippen molar-refractivity contribution in [1.29, 1.82) is 0 Å². The minimum atomic E-state index is -3.69. The maximum absolute atomic E-state index is 11.1. The Morgan fingerprint density at radius 1 is 1.28 bits per heavy atom. The molecule has 0 atom stereocenters. The van der Waals surface area contributed by atoms with Gasteiger partial charge in [-0.2, -0.15) is 0 Å². The van der Waals surface area contributed by atoms with Crippen LogP contribution in [0.1, 0.15) is 27.2 Å². The molecule has 0 aliphatic rings. The molecule has 0 spiro atoms. The molecule has 0 heterocycles. The van der Waals surface area contributed by atoms with Gasteiger partial charge in [-0.1, -0.05) is 20.8 Å². The van der Waals surface area contributed by atoms with E-state index in [0.29, 0.717) is 5.69 Å². The third-order valence-electron chi connectivity index (χ3n) is 2.54. The van der Waals surface area contributed by atoms with E-state index in [4.69, 9.17) is 10.9 Å². The highest BCUT2D eigenvalue weighted by Gasteiger charge is 2.12. The van der Waals surface area contributed by atoms with E-state index < -0.39 is 10.0 Å². The summed E-state index contributed by atoms with van der Waals surface area (Å²) in [6.07, 6.45) is 0.989. The fourth-order valence-corrected chi connectivity index (χ4v) is 2.00. The van der Waals surface area contributed by atoms with Crippen molar-refractivity contribution in [2.75, 3.05) is 17.6 Å². The summed E-state index contributed by atoms with van der Waals surface area (Å²) >= 11 is 0. The number of rotatable bonds is 4. The Bertz CT molecular complexity index is 519. The van der Waals surface area contributed by atoms with Crippen molar-refractivity contribution < 1.29 is 8.42 Å². The molecular weight excluding hydrogens is 250 g/mol. The van der Waals surface area contributed by atoms with Gasteiger partial charge in [0.1, 0.15) is 0 Å². The summed E-state index contributed by atoms with van der Waals surface area (Å²) in [5.41, 5.74) is 7.14. The Hall–Kier alpha value is -1.27. The molecule has 6 heteroatoms. The summed E-state index contributed by atoms with van der Waals surface area (Å²) in [7, 11) is -3.69. The van der Waals surface area contributed by atoms with Crippen LogP contribution in [0.3, 0.4) is 0 Å². The van der Waals surface area contributed by atoms with Crippen LogP contribution < -0.4 is 16.2 Å². The van der Waals surface area contributed by atoms with Crippen LogP contribution in [-0.4, -0.2) is 15.0 Å². The van der Waals surface area contributed by atoms with E-state index in [1.165, 1.54) is 12.1 Å². The number of benzene rings is 1. The molecular formula is C12H21N3O2S. The Morgan fingerprint density at radius 2 is 1.89 bits per heavy atom. The predicted molar refractivity (Wildman–Crippen MR) is 74.8 cm³/mol. The first-order valence-corrected chi connectivity index (χ1v) is 7.30. The van der Waals surface area contributed by atoms with Crippen LogP contribution >= 0.6 is 0 Å². The quantitative estimate of drug-likeness (QED) is 0.727. The summed E-state index contributed by atoms with van der Waals surface area (Å²) in [5, 5.41) is 8.22. The van der Waals surface area contributed by atoms with Gasteiger partial charge in [0, 0.05) is 6.54 Å². The minimum absolute atomic E-state index is 0.0290. The zero-order valence-corrected chi connectivity index (χ0v) is 11.8. The zero-order valence-electron chi connectivity index (χ0n) is 11.0. The van der Waals surface area contributed by atoms with Gasteiger partial charge >= 0.3 is 0 Å². The van der Waals surface area contributed by atoms with Crippen molar-refractivity contribution in [2.24, 2.45) is 10.6 Å². The average Bonchev–Trinajstić information content (AvgIpc) is 2.17. The molecule has 0 fully saturated rings. The van der Waals surface area contributed by atoms with Crippen molar-refractivity contribution in [3.8, 4) is 0 Å². The number of anilines is 2. The lowest BCUT2D eigenvalue weighted by Crippen LogP contribution is -2.15. The second-order valence-corrected chi connectivity index (χ2v) is 7.09. The lowest BCUT2D eigenvalue weighted by Gasteiger charge is -2.19. The lowest BCUT2D eigenvalue weighted by molar-refractivity contribution is 0.390. The molecule has 1 aromatic rings. The molecule has 18 heavy (non-hydrogen) atoms. The van der Waals surface area contributed by atoms with Crippen LogP contribution in [0.4, 0.5) is 11.4 Å². The maximum atomic E-state index is 11.1. The van der Waals surface area contributed by atoms with Crippen LogP contribution in [0.15, 0.2) is 23.1 Å². The van der Waals surface area contributed by atoms with Gasteiger partial charge in [0.2, 0.25) is 10.0 Å². The number of hydrogen-bond donors (Lipinski definition) is 3. The number of nitrogen functional groups attached to an aromatic ring is 1. The highest BCUT2D eigenvalue weighted by molar-refractivity contribution is 7.89. The predicted octanol–water partition coefficient (Wildman–Crippen LogP) is 1.76. The molecule has 0 aliphatic carbocycles. The van der Waals surface area contributed by atoms with Gasteiger partial charge in [-0.15, -0.1) is 0 Å². The molecule has 0 aromatic heterocycles. The highest BCUT2D eigenvalue weighted by atomic mass is 32.2. The molecule has 0 unspecified atom stereocenters. The lowest BCUT2D eigenvalue weighted by atomic mass is 9.92. The van der Waals surface area contributed by atoms with E-state index >= 15 is 0 Å². The van der Waals surface area contributed by atoms with Crippen molar-refractivity contribution in [1.82, 2.24) is 0 Å². The van der Waals surface area contributed by atoms with Gasteiger partial charge < -0.3 is 11.1 Å². The van der Waals surface area contributed by atoms with Gasteiger partial charge in [-0.05, 0) is 30.0 Å². The molecule has 0 saturated heterocycles. The minimum Gasteiger partial charge on any atom is -0.397 e. The molecule has 0 bridgehead atoms. The maximum Gasteiger partial charge on any atom is 0.238 e. The van der Waals surface area contributed by atoms with Crippen molar-refractivity contribution in [2.45, 2.75) is 32.1 Å². The molecule has 0 amide bonds. The van der Waals surface area contributed by atoms with Gasteiger partial charge in [-0.3, -0.25) is 0 Å². The second kappa shape index (κ2) is 5.16. The van der Waals surface area contributed by atoms with E-state index in [1.807, 2.05) is 0 Å². The van der Waals surface area contributed by atoms with Crippen LogP contribution in [0.25, 0.3) is 0 Å². The normalized spacial score (nSPS) is 12.4. The molecule has 0 aliphatic heterocycles. The van der Waals surface area contributed by atoms with E-state index in [9.17, 15) is 8.42 Å². The highest BCUT2D eigenvalue weighted by Crippen LogP contribution is 2.23. The third kappa shape index (κ3) is 4.54. The van der Waals surface area contributed by atoms with Crippen LogP contribution in [0.2, 0.25) is 0 Å². The smallest absolute Gasteiger partial charge is 0.238 e. The van der Waals surface area contributed by atoms with Crippen LogP contribution in [0.5, 0.6) is 0 Å². The first-order chi connectivity index (χ1) is 8.09. The fourth-order valence-electron chi connectivity index (χ4n) is 1.45. The summed E-state index contributed by atoms with van der Waals surface area (Å²) in [6.45, 7) is 7.24. The molecule has 0 radical (unpaired) electrons. The summed E-state index contributed by atoms with van der Waals surface area (Å²) in [6, 6.07) is 4.46. The monoisotopic (exact) mass is 271 g/mol. The van der Waals surface area contributed by atoms with Crippen molar-refractivity contribution in [3.63, 3.8) is 0 Å². The van der Waals surface area contributed by atoms with Crippen molar-refractivity contribution in [3.05, 3.63) is 18.2 Å². The molecule has 1 rings (SSSR count). The van der Waals surface area contributed by atoms with Gasteiger partial charge in [0.25, 0.3) is 0 Å². The van der Waals surface area contributed by atoms with E-state index in [1.54, 1.807) is 6.07 Å². The summed E-state index contributed by atoms with van der Waals surface area (Å²) < 4.78 is 22.3. The average molecular weight is 271 g/mol. The Morgan fingerprint density at radius 3 is 2.33 bits per heavy atom. The number of hydrogen-bond acceptors (Lipinski definition) is 4. The molecule has 0 saturated carbocycles. The van der Waals surface area contributed by atoms with Crippen LogP contribution in [-0.2, 0) is 10.0 Å². The first kappa shape index (κ1) is 14.8. The fraction of sp³-hybridized carbons (Fsp3) is 0.500. The number of nitrogens with two attached hydrogens (primary N) is 2. The summed E-state index contributed by atoms with van der Waals surface area (Å²) in [4.78, 5) is 0.0290. The Labute approximate surface area is 109 Å². The first-order valence-electron chi connectivity index (χ1n) is 5.76. The van der Waals surface area contributed by atoms with Gasteiger partial charge in [-0.25, -0.2) is 13.6 Å². The molecule has 102 valence electrons. The van der Waals surface area contributed by atoms with Crippen molar-refractivity contribution >= 4 is 21.4 Å². The largest absolute Gasteiger partial charge is 0.397 e. The van der Waals surface area contributed by atoms with Gasteiger partial charge in [0.15, 0.2) is 0 Å². The second-order valence-electron chi connectivity index (χ2n) is 5.53. The number of nitrogens with one attached hydrogen (secondary N) is 1. The SMILES string of the molecule is CC(C)(C)CCNc1ccc(S(N)(=O)=O)cc1N. The summed E-state index contributed by atoms with van der Waals surface area (Å²) in [5.74, 6) is 0.